The van der Waals surface area contributed by atoms with Gasteiger partial charge >= 0.3 is 46.2 Å². The fourth-order valence-corrected chi connectivity index (χ4v) is 10.4. The van der Waals surface area contributed by atoms with Gasteiger partial charge in [0.05, 0.1) is 110 Å². The first-order valence-corrected chi connectivity index (χ1v) is 45.5. The van der Waals surface area contributed by atoms with Crippen molar-refractivity contribution in [3.8, 4) is 0 Å². The Labute approximate surface area is 853 Å². The number of carboxylic acid groups (broad SMARTS) is 6. The largest absolute Gasteiger partial charge is 0.479 e. The van der Waals surface area contributed by atoms with Crippen LogP contribution in [0, 0.1) is 35.5 Å². The van der Waals surface area contributed by atoms with E-state index in [-0.39, 0.29) is 104 Å². The number of aliphatic hydroxyl groups is 20. The van der Waals surface area contributed by atoms with Gasteiger partial charge in [0.2, 0.25) is 41.4 Å². The van der Waals surface area contributed by atoms with Crippen LogP contribution in [0.4, 0.5) is 0 Å². The molecule has 1 aromatic rings. The number of nitrogens with one attached hydrogen (secondary N) is 7. The van der Waals surface area contributed by atoms with Crippen molar-refractivity contribution in [2.24, 2.45) is 81.4 Å². The molecule has 7 amide bonds. The van der Waals surface area contributed by atoms with E-state index in [0.29, 0.717) is 56.0 Å². The summed E-state index contributed by atoms with van der Waals surface area (Å²) in [7, 11) is -4.44. The monoisotopic (exact) mass is 2210 g/mol. The SMILES string of the molecule is CC(CNC(=O)CC(N)C=O)C(O)C(O)C(=O)O.CC(CNC(=O)CC(N)C=O)C(O)C(O)C(O)C(=O)O.C[C@@H](CNC(=O)C[C@@H](N)C=O)[C@@H](O)[C@H](O)[C@H](O)C(=O)O.C[C@@H](CNC(=O)C[C@@H](N)C=O)[C@@H](O)[C@H](O)[C@H](O)CO.C[C@@H](CNC(=O)C[C@H](N)C=O)[C@@H](O)[C@@H](O)C(=O)O.C[C@@H](CNC(=O)C[C@H](N)C=O)[C@@H](O)[C@H](O)[C@H](O)C(=O)O.N[C@H](C=O)CC(=O)NC[C@H](O)[C@@H](O)[C@H](O)C(=O)O.N[C@H](C=O)Cc1cn(CCOS(=O)(=O)O)nn1. The molecular weight excluding hydrogens is 2060 g/mol. The third-order valence-corrected chi connectivity index (χ3v) is 20.0. The van der Waals surface area contributed by atoms with Gasteiger partial charge in [-0.05, 0) is 0 Å². The van der Waals surface area contributed by atoms with Crippen molar-refractivity contribution in [2.45, 2.75) is 264 Å². The number of aromatic nitrogens is 3. The van der Waals surface area contributed by atoms with E-state index in [9.17, 15) is 175 Å². The Bertz CT molecular complexity index is 4000. The molecule has 1 rings (SSSR count). The van der Waals surface area contributed by atoms with Crippen molar-refractivity contribution < 1.29 is 251 Å². The van der Waals surface area contributed by atoms with Crippen LogP contribution in [0.3, 0.4) is 0 Å². The van der Waals surface area contributed by atoms with Gasteiger partial charge in [0.25, 0.3) is 0 Å². The van der Waals surface area contributed by atoms with Crippen molar-refractivity contribution in [2.75, 3.05) is 59.0 Å². The summed E-state index contributed by atoms with van der Waals surface area (Å²) >= 11 is 0. The van der Waals surface area contributed by atoms with Crippen molar-refractivity contribution in [1.82, 2.24) is 52.2 Å². The zero-order chi connectivity index (χ0) is 118. The smallest absolute Gasteiger partial charge is 0.397 e. The first-order valence-electron chi connectivity index (χ1n) is 44.2. The van der Waals surface area contributed by atoms with Gasteiger partial charge in [0.15, 0.2) is 36.6 Å². The molecule has 1 heterocycles. The molecule has 0 aliphatic heterocycles. The van der Waals surface area contributed by atoms with E-state index < -0.39 is 301 Å². The molecular formula is C80H146N18O51S. The molecule has 9 unspecified atom stereocenters. The lowest BCUT2D eigenvalue weighted by atomic mass is 9.96. The summed E-state index contributed by atoms with van der Waals surface area (Å²) in [5.74, 6) is -17.4. The van der Waals surface area contributed by atoms with Crippen LogP contribution in [0.2, 0.25) is 0 Å². The Morgan fingerprint density at radius 1 is 0.307 bits per heavy atom. The van der Waals surface area contributed by atoms with Crippen LogP contribution in [0.1, 0.15) is 92.2 Å². The highest BCUT2D eigenvalue weighted by molar-refractivity contribution is 7.80. The molecule has 0 saturated heterocycles. The van der Waals surface area contributed by atoms with Gasteiger partial charge in [-0.2, -0.15) is 8.42 Å². The molecule has 868 valence electrons. The van der Waals surface area contributed by atoms with Crippen LogP contribution in [0.15, 0.2) is 6.20 Å². The first kappa shape index (κ1) is 151. The molecule has 0 radical (unpaired) electrons. The number of hydrogen-bond acceptors (Lipinski definition) is 54. The Balaban J connectivity index is -0.000000312. The minimum Gasteiger partial charge on any atom is -0.479 e. The minimum absolute atomic E-state index is 0.0318. The number of carboxylic acids is 6. The van der Waals surface area contributed by atoms with Crippen LogP contribution < -0.4 is 83.1 Å². The average molecular weight is 2210 g/mol. The fourth-order valence-electron chi connectivity index (χ4n) is 10.1. The number of aliphatic hydroxyl groups excluding tert-OH is 20. The molecule has 0 fully saturated rings. The van der Waals surface area contributed by atoms with Crippen LogP contribution >= 0.6 is 0 Å². The lowest BCUT2D eigenvalue weighted by Gasteiger charge is -2.26. The molecule has 0 saturated carbocycles. The van der Waals surface area contributed by atoms with E-state index in [1.54, 1.807) is 6.92 Å². The van der Waals surface area contributed by atoms with Crippen molar-refractivity contribution in [3.63, 3.8) is 0 Å². The molecule has 0 aromatic carbocycles. The summed E-state index contributed by atoms with van der Waals surface area (Å²) in [6.45, 7) is 7.27. The number of aliphatic carboxylic acids is 6. The highest BCUT2D eigenvalue weighted by atomic mass is 32.3. The highest BCUT2D eigenvalue weighted by Crippen LogP contribution is 2.16. The van der Waals surface area contributed by atoms with E-state index >= 15 is 0 Å². The summed E-state index contributed by atoms with van der Waals surface area (Å²) in [5.41, 5.74) is 42.5. The van der Waals surface area contributed by atoms with Gasteiger partial charge in [-0.1, -0.05) is 46.8 Å². The summed E-state index contributed by atoms with van der Waals surface area (Å²) in [5, 5.41) is 260. The Morgan fingerprint density at radius 2 is 0.500 bits per heavy atom. The second kappa shape index (κ2) is 83.1. The van der Waals surface area contributed by atoms with Crippen molar-refractivity contribution in [1.29, 1.82) is 0 Å². The number of aldehydes is 8. The molecule has 0 aliphatic carbocycles. The van der Waals surface area contributed by atoms with Gasteiger partial charge in [0.1, 0.15) is 93.0 Å². The van der Waals surface area contributed by atoms with Gasteiger partial charge in [-0.25, -0.2) is 37.6 Å². The lowest BCUT2D eigenvalue weighted by Crippen LogP contribution is -2.47. The van der Waals surface area contributed by atoms with Crippen LogP contribution in [-0.4, -0.2) is 512 Å². The fraction of sp³-hybridized carbons (Fsp3) is 0.713. The summed E-state index contributed by atoms with van der Waals surface area (Å²) < 4.78 is 34.2. The standard InChI is InChI=1S/3C11H20N2O7.C11H22N2O6.2C10H18N2O6.C9H16N2O7.C7H12N4O5S/c3*1-5(3-13-7(15)2-6(12)4-14)8(16)9(17)10(18)11(19)20;1-6(10(18)11(19)8(16)5-15)3-13-9(17)2-7(12)4-14;2*1-5(8(15)9(16)10(17)18)3-12-7(14)2-6(11)4-13;10-4(3-12)1-6(14)11-2-5(13)7(15)8(16)9(17)18;8-6(5-12)3-7-4-11(10-9-7)1-2-16-17(13,14)15/h3*4-6,8-10,16-18H,2-3,12H2,1H3,(H,13,15)(H,19,20);4,6-8,10-11,15-16,18-19H,2-3,5,12H2,1H3,(H,13,17);2*4-6,8-9,15-16H,2-3,11H2,1H3,(H,12,14)(H,17,18);3-5,7-8,13,15-16H,1-2,10H2,(H,11,14)(H,17,18);4-6H,1-3,8H2,(H,13,14,15)/t5-,6+,8+,9-,10-;5-,6-,8+,9-,10-;;6-,7+,8+,10+,11+;5-,6-,8+,9+;;4-,5-,7+,8-;6-/m00.00.00/s1. The summed E-state index contributed by atoms with van der Waals surface area (Å²) in [6, 6.07) is -7.04. The van der Waals surface area contributed by atoms with Gasteiger partial charge in [0, 0.05) is 139 Å². The second-order valence-electron chi connectivity index (χ2n) is 33.2. The molecule has 0 spiro atoms. The summed E-state index contributed by atoms with van der Waals surface area (Å²) in [6.07, 6.45) is -29.6. The highest BCUT2D eigenvalue weighted by Gasteiger charge is 2.39. The van der Waals surface area contributed by atoms with E-state index in [1.807, 2.05) is 0 Å². The maximum atomic E-state index is 11.3. The summed E-state index contributed by atoms with van der Waals surface area (Å²) in [4.78, 5) is 223. The Kier molecular flexibility index (Phi) is 83.8. The van der Waals surface area contributed by atoms with Crippen molar-refractivity contribution >= 4 is 138 Å². The van der Waals surface area contributed by atoms with E-state index in [4.69, 9.17) is 117 Å². The zero-order valence-corrected chi connectivity index (χ0v) is 82.5. The van der Waals surface area contributed by atoms with Gasteiger partial charge < -0.3 is 254 Å². The number of amides is 7. The number of rotatable bonds is 67. The number of carbonyl (C=O) groups is 21. The van der Waals surface area contributed by atoms with E-state index in [0.717, 1.165) is 0 Å². The lowest BCUT2D eigenvalue weighted by molar-refractivity contribution is -0.160. The van der Waals surface area contributed by atoms with Crippen LogP contribution in [0.5, 0.6) is 0 Å². The topological polar surface area (TPSA) is 1270 Å². The molecule has 1 aromatic heterocycles. The molecule has 33 atom stereocenters. The molecule has 69 nitrogen and oxygen atoms in total. The average Bonchev–Trinajstić information content (AvgIpc) is 1.72. The van der Waals surface area contributed by atoms with Crippen LogP contribution in [-0.2, 0) is 128 Å². The van der Waals surface area contributed by atoms with E-state index in [1.165, 1.54) is 45.5 Å². The normalized spacial score (nSPS) is 17.6. The predicted molar refractivity (Wildman–Crippen MR) is 499 cm³/mol. The number of nitrogens with zero attached hydrogens (tertiary/aromatic N) is 3. The number of nitrogens with two attached hydrogens (primary N) is 8. The predicted octanol–water partition coefficient (Wildman–Crippen LogP) is -23.5. The number of hydrogen-bond donors (Lipinski definition) is 42. The molecule has 0 bridgehead atoms. The Hall–Kier alpha value is -11.6. The first-order chi connectivity index (χ1) is 69.2. The number of carbonyl (C=O) groups excluding carboxylic acids is 15. The minimum atomic E-state index is -4.44. The molecule has 50 N–H and O–H groups in total. The maximum Gasteiger partial charge on any atom is 0.397 e. The third kappa shape index (κ3) is 72.7. The molecule has 150 heavy (non-hydrogen) atoms. The second-order valence-corrected chi connectivity index (χ2v) is 34.3. The van der Waals surface area contributed by atoms with Crippen molar-refractivity contribution in [3.05, 3.63) is 11.9 Å². The zero-order valence-electron chi connectivity index (χ0n) is 81.7. The van der Waals surface area contributed by atoms with Gasteiger partial charge in [-0.3, -0.25) is 38.1 Å². The maximum absolute atomic E-state index is 11.3. The van der Waals surface area contributed by atoms with E-state index in [2.05, 4.69) is 51.7 Å². The molecule has 0 aliphatic rings. The quantitative estimate of drug-likeness (QED) is 0.0213. The Morgan fingerprint density at radius 3 is 0.700 bits per heavy atom. The third-order valence-electron chi connectivity index (χ3n) is 19.5. The molecule has 70 heteroatoms. The van der Waals surface area contributed by atoms with Gasteiger partial charge in [-0.15, -0.1) is 5.10 Å². The van der Waals surface area contributed by atoms with Crippen LogP contribution in [0.25, 0.3) is 0 Å².